The first-order chi connectivity index (χ1) is 13.2. The van der Waals surface area contributed by atoms with Gasteiger partial charge in [-0.25, -0.2) is 0 Å². The molecule has 0 fully saturated rings. The Morgan fingerprint density at radius 1 is 1.15 bits per heavy atom. The number of aromatic nitrogens is 3. The first kappa shape index (κ1) is 17.5. The number of nitrogens with zero attached hydrogens (tertiary/aromatic N) is 3. The van der Waals surface area contributed by atoms with E-state index in [9.17, 15) is 4.79 Å². The molecular weight excluding hydrogens is 384 g/mol. The van der Waals surface area contributed by atoms with Crippen molar-refractivity contribution in [3.63, 3.8) is 0 Å². The molecule has 0 atom stereocenters. The van der Waals surface area contributed by atoms with E-state index in [1.54, 1.807) is 45.5 Å². The van der Waals surface area contributed by atoms with Gasteiger partial charge in [0.25, 0.3) is 0 Å². The Hall–Kier alpha value is -2.91. The Morgan fingerprint density at radius 3 is 2.41 bits per heavy atom. The Balaban J connectivity index is 1.58. The number of H-pyrrole nitrogens is 1. The number of hydrogen-bond acceptors (Lipinski definition) is 6. The number of rotatable bonds is 7. The summed E-state index contributed by atoms with van der Waals surface area (Å²) in [4.78, 5) is 15.7. The van der Waals surface area contributed by atoms with Gasteiger partial charge in [0.05, 0.1) is 30.5 Å². The molecule has 0 spiro atoms. The molecule has 4 aromatic rings. The van der Waals surface area contributed by atoms with Crippen LogP contribution in [0.15, 0.2) is 63.1 Å². The molecule has 0 aliphatic rings. The van der Waals surface area contributed by atoms with Gasteiger partial charge in [-0.3, -0.25) is 14.5 Å². The predicted molar refractivity (Wildman–Crippen MR) is 102 cm³/mol. The van der Waals surface area contributed by atoms with Gasteiger partial charge in [0.15, 0.2) is 10.6 Å². The molecule has 0 saturated heterocycles. The Morgan fingerprint density at radius 2 is 1.85 bits per heavy atom. The molecule has 0 aliphatic carbocycles. The molecule has 27 heavy (non-hydrogen) atoms. The number of carbonyl (C=O) groups is 1. The van der Waals surface area contributed by atoms with Gasteiger partial charge in [-0.1, -0.05) is 6.07 Å². The summed E-state index contributed by atoms with van der Waals surface area (Å²) in [6.07, 6.45) is 3.18. The van der Waals surface area contributed by atoms with Crippen LogP contribution in [0.1, 0.15) is 11.5 Å². The summed E-state index contributed by atoms with van der Waals surface area (Å²) in [7, 11) is 0. The van der Waals surface area contributed by atoms with Crippen molar-refractivity contribution in [2.24, 2.45) is 0 Å². The summed E-state index contributed by atoms with van der Waals surface area (Å²) in [5.74, 6) is 1.94. The zero-order chi connectivity index (χ0) is 18.6. The standard InChI is InChI=1S/C18H16N4O3S2/c23-16(12-22-17(19-20-18(22)26)15-6-3-9-27-15)21(10-13-4-1-7-24-13)11-14-5-2-8-25-14/h1-9H,10-12H2,(H,20,26). The van der Waals surface area contributed by atoms with Crippen LogP contribution in [0.25, 0.3) is 10.7 Å². The molecule has 0 unspecified atom stereocenters. The van der Waals surface area contributed by atoms with E-state index < -0.39 is 0 Å². The van der Waals surface area contributed by atoms with E-state index in [0.717, 1.165) is 4.88 Å². The number of furan rings is 2. The molecule has 138 valence electrons. The highest BCUT2D eigenvalue weighted by molar-refractivity contribution is 7.71. The van der Waals surface area contributed by atoms with Crippen molar-refractivity contribution < 1.29 is 13.6 Å². The lowest BCUT2D eigenvalue weighted by Crippen LogP contribution is -2.33. The first-order valence-corrected chi connectivity index (χ1v) is 9.51. The summed E-state index contributed by atoms with van der Waals surface area (Å²) >= 11 is 6.87. The number of hydrogen-bond donors (Lipinski definition) is 1. The van der Waals surface area contributed by atoms with Gasteiger partial charge in [0.2, 0.25) is 5.91 Å². The maximum Gasteiger partial charge on any atom is 0.243 e. The molecule has 0 aromatic carbocycles. The topological polar surface area (TPSA) is 80.2 Å². The maximum atomic E-state index is 13.1. The van der Waals surface area contributed by atoms with Gasteiger partial charge in [-0.05, 0) is 47.9 Å². The number of carbonyl (C=O) groups excluding carboxylic acids is 1. The van der Waals surface area contributed by atoms with E-state index in [2.05, 4.69) is 10.2 Å². The number of thiophene rings is 1. The van der Waals surface area contributed by atoms with Gasteiger partial charge in [-0.15, -0.1) is 11.3 Å². The molecule has 0 saturated carbocycles. The summed E-state index contributed by atoms with van der Waals surface area (Å²) < 4.78 is 12.9. The fraction of sp³-hybridized carbons (Fsp3) is 0.167. The van der Waals surface area contributed by atoms with Crippen LogP contribution < -0.4 is 0 Å². The number of aromatic amines is 1. The third kappa shape index (κ3) is 3.93. The molecule has 4 heterocycles. The van der Waals surface area contributed by atoms with Gasteiger partial charge in [-0.2, -0.15) is 5.10 Å². The van der Waals surface area contributed by atoms with Crippen LogP contribution in [0, 0.1) is 4.77 Å². The second kappa shape index (κ2) is 7.77. The lowest BCUT2D eigenvalue weighted by molar-refractivity contribution is -0.133. The molecule has 0 bridgehead atoms. The zero-order valence-electron chi connectivity index (χ0n) is 14.2. The summed E-state index contributed by atoms with van der Waals surface area (Å²) in [5, 5.41) is 9.00. The van der Waals surface area contributed by atoms with Crippen LogP contribution in [-0.4, -0.2) is 25.6 Å². The van der Waals surface area contributed by atoms with Crippen molar-refractivity contribution >= 4 is 29.5 Å². The van der Waals surface area contributed by atoms with E-state index in [4.69, 9.17) is 21.1 Å². The van der Waals surface area contributed by atoms with E-state index in [1.165, 1.54) is 0 Å². The average Bonchev–Trinajstić information content (AvgIpc) is 3.44. The van der Waals surface area contributed by atoms with Crippen molar-refractivity contribution in [2.75, 3.05) is 0 Å². The van der Waals surface area contributed by atoms with Crippen LogP contribution in [0.5, 0.6) is 0 Å². The quantitative estimate of drug-likeness (QED) is 0.473. The van der Waals surface area contributed by atoms with E-state index in [0.29, 0.717) is 35.2 Å². The highest BCUT2D eigenvalue weighted by Gasteiger charge is 2.20. The highest BCUT2D eigenvalue weighted by Crippen LogP contribution is 2.23. The minimum absolute atomic E-state index is 0.0734. The van der Waals surface area contributed by atoms with Crippen molar-refractivity contribution in [3.05, 3.63) is 70.6 Å². The summed E-state index contributed by atoms with van der Waals surface area (Å²) in [6.45, 7) is 0.752. The highest BCUT2D eigenvalue weighted by atomic mass is 32.1. The first-order valence-electron chi connectivity index (χ1n) is 8.22. The molecule has 0 aliphatic heterocycles. The fourth-order valence-corrected chi connectivity index (χ4v) is 3.63. The monoisotopic (exact) mass is 400 g/mol. The van der Waals surface area contributed by atoms with Crippen molar-refractivity contribution in [1.29, 1.82) is 0 Å². The second-order valence-corrected chi connectivity index (χ2v) is 7.16. The smallest absolute Gasteiger partial charge is 0.243 e. The Bertz CT molecular complexity index is 1010. The minimum Gasteiger partial charge on any atom is -0.467 e. The second-order valence-electron chi connectivity index (χ2n) is 5.82. The maximum absolute atomic E-state index is 13.1. The SMILES string of the molecule is O=C(Cn1c(-c2cccs2)n[nH]c1=S)N(Cc1ccco1)Cc1ccco1. The molecule has 1 amide bonds. The predicted octanol–water partition coefficient (Wildman–Crippen LogP) is 4.08. The third-order valence-electron chi connectivity index (χ3n) is 4.00. The van der Waals surface area contributed by atoms with E-state index in [1.807, 2.05) is 29.6 Å². The average molecular weight is 400 g/mol. The number of amides is 1. The van der Waals surface area contributed by atoms with Crippen molar-refractivity contribution in [1.82, 2.24) is 19.7 Å². The van der Waals surface area contributed by atoms with Gasteiger partial charge in [0, 0.05) is 0 Å². The van der Waals surface area contributed by atoms with Crippen molar-refractivity contribution in [2.45, 2.75) is 19.6 Å². The molecular formula is C18H16N4O3S2. The molecule has 9 heteroatoms. The van der Waals surface area contributed by atoms with Gasteiger partial charge < -0.3 is 13.7 Å². The summed E-state index contributed by atoms with van der Waals surface area (Å²) in [5.41, 5.74) is 0. The van der Waals surface area contributed by atoms with Crippen LogP contribution in [0.4, 0.5) is 0 Å². The van der Waals surface area contributed by atoms with Crippen molar-refractivity contribution in [3.8, 4) is 10.7 Å². The third-order valence-corrected chi connectivity index (χ3v) is 5.18. The normalized spacial score (nSPS) is 11.0. The molecule has 0 radical (unpaired) electrons. The van der Waals surface area contributed by atoms with Crippen LogP contribution in [-0.2, 0) is 24.4 Å². The molecule has 4 rings (SSSR count). The minimum atomic E-state index is -0.113. The van der Waals surface area contributed by atoms with Crippen LogP contribution >= 0.6 is 23.6 Å². The fourth-order valence-electron chi connectivity index (χ4n) is 2.71. The Kier molecular flexibility index (Phi) is 5.03. The molecule has 4 aromatic heterocycles. The van der Waals surface area contributed by atoms with Gasteiger partial charge in [0.1, 0.15) is 18.1 Å². The molecule has 7 nitrogen and oxygen atoms in total. The lowest BCUT2D eigenvalue weighted by Gasteiger charge is -2.21. The molecule has 1 N–H and O–H groups in total. The van der Waals surface area contributed by atoms with Crippen LogP contribution in [0.2, 0.25) is 0 Å². The number of nitrogens with one attached hydrogen (secondary N) is 1. The Labute approximate surface area is 163 Å². The zero-order valence-corrected chi connectivity index (χ0v) is 15.8. The van der Waals surface area contributed by atoms with Crippen LogP contribution in [0.3, 0.4) is 0 Å². The van der Waals surface area contributed by atoms with E-state index >= 15 is 0 Å². The van der Waals surface area contributed by atoms with E-state index in [-0.39, 0.29) is 12.5 Å². The van der Waals surface area contributed by atoms with Gasteiger partial charge >= 0.3 is 0 Å². The summed E-state index contributed by atoms with van der Waals surface area (Å²) in [6, 6.07) is 11.1. The largest absolute Gasteiger partial charge is 0.467 e. The lowest BCUT2D eigenvalue weighted by atomic mass is 10.3.